The van der Waals surface area contributed by atoms with Crippen LogP contribution in [0.2, 0.25) is 0 Å². The summed E-state index contributed by atoms with van der Waals surface area (Å²) in [6, 6.07) is 0. The number of rotatable bonds is 5. The third-order valence-electron chi connectivity index (χ3n) is 3.28. The molecule has 0 aliphatic heterocycles. The molecule has 1 atom stereocenters. The molecule has 1 saturated carbocycles. The normalized spacial score (nSPS) is 20.3. The molecule has 0 aromatic heterocycles. The SMILES string of the molecule is CNCC[C@H](CC1CC1)C(C)(C)C. The third kappa shape index (κ3) is 4.12. The zero-order chi connectivity index (χ0) is 9.90. The maximum absolute atomic E-state index is 3.26. The van der Waals surface area contributed by atoms with Gasteiger partial charge in [-0.2, -0.15) is 0 Å². The molecule has 1 nitrogen and oxygen atoms in total. The van der Waals surface area contributed by atoms with E-state index < -0.39 is 0 Å². The smallest absolute Gasteiger partial charge is 0.00491 e. The van der Waals surface area contributed by atoms with Crippen molar-refractivity contribution in [1.29, 1.82) is 0 Å². The number of nitrogens with one attached hydrogen (secondary N) is 1. The van der Waals surface area contributed by atoms with E-state index in [-0.39, 0.29) is 0 Å². The van der Waals surface area contributed by atoms with Crippen LogP contribution in [0.1, 0.15) is 46.5 Å². The van der Waals surface area contributed by atoms with Crippen LogP contribution in [0.15, 0.2) is 0 Å². The molecule has 0 spiro atoms. The van der Waals surface area contributed by atoms with Crippen LogP contribution < -0.4 is 5.32 Å². The van der Waals surface area contributed by atoms with Crippen LogP contribution in [-0.2, 0) is 0 Å². The highest BCUT2D eigenvalue weighted by molar-refractivity contribution is 4.82. The fraction of sp³-hybridized carbons (Fsp3) is 1.00. The van der Waals surface area contributed by atoms with Crippen molar-refractivity contribution in [2.24, 2.45) is 17.3 Å². The molecule has 1 rings (SSSR count). The minimum Gasteiger partial charge on any atom is -0.320 e. The molecule has 1 aliphatic carbocycles. The van der Waals surface area contributed by atoms with Crippen molar-refractivity contribution in [2.45, 2.75) is 46.5 Å². The van der Waals surface area contributed by atoms with Crippen LogP contribution in [0.5, 0.6) is 0 Å². The van der Waals surface area contributed by atoms with Gasteiger partial charge in [0.15, 0.2) is 0 Å². The first-order chi connectivity index (χ1) is 6.04. The van der Waals surface area contributed by atoms with E-state index in [4.69, 9.17) is 0 Å². The van der Waals surface area contributed by atoms with Gasteiger partial charge in [-0.3, -0.25) is 0 Å². The van der Waals surface area contributed by atoms with Gasteiger partial charge in [0, 0.05) is 0 Å². The second-order valence-corrected chi connectivity index (χ2v) is 5.63. The molecule has 0 aromatic carbocycles. The van der Waals surface area contributed by atoms with Crippen molar-refractivity contribution < 1.29 is 0 Å². The second-order valence-electron chi connectivity index (χ2n) is 5.63. The van der Waals surface area contributed by atoms with Crippen LogP contribution in [0.3, 0.4) is 0 Å². The summed E-state index contributed by atoms with van der Waals surface area (Å²) in [7, 11) is 2.05. The lowest BCUT2D eigenvalue weighted by molar-refractivity contribution is 0.203. The van der Waals surface area contributed by atoms with E-state index in [1.165, 1.54) is 32.2 Å². The fourth-order valence-corrected chi connectivity index (χ4v) is 1.98. The summed E-state index contributed by atoms with van der Waals surface area (Å²) in [6.45, 7) is 8.33. The first kappa shape index (κ1) is 11.0. The molecule has 0 heterocycles. The van der Waals surface area contributed by atoms with Gasteiger partial charge in [0.2, 0.25) is 0 Å². The Hall–Kier alpha value is -0.0400. The minimum atomic E-state index is 0.499. The average Bonchev–Trinajstić information content (AvgIpc) is 2.78. The summed E-state index contributed by atoms with van der Waals surface area (Å²) < 4.78 is 0. The van der Waals surface area contributed by atoms with Crippen LogP contribution in [0.25, 0.3) is 0 Å². The zero-order valence-corrected chi connectivity index (χ0v) is 9.69. The highest BCUT2D eigenvalue weighted by Gasteiger charge is 2.31. The molecule has 13 heavy (non-hydrogen) atoms. The Morgan fingerprint density at radius 1 is 1.31 bits per heavy atom. The Morgan fingerprint density at radius 2 is 1.92 bits per heavy atom. The van der Waals surface area contributed by atoms with Crippen molar-refractivity contribution in [3.63, 3.8) is 0 Å². The Bertz CT molecular complexity index is 142. The molecule has 0 unspecified atom stereocenters. The lowest BCUT2D eigenvalue weighted by Gasteiger charge is -2.31. The number of hydrogen-bond acceptors (Lipinski definition) is 1. The van der Waals surface area contributed by atoms with Gasteiger partial charge in [0.1, 0.15) is 0 Å². The van der Waals surface area contributed by atoms with Gasteiger partial charge >= 0.3 is 0 Å². The average molecular weight is 183 g/mol. The van der Waals surface area contributed by atoms with Crippen molar-refractivity contribution >= 4 is 0 Å². The Morgan fingerprint density at radius 3 is 2.31 bits per heavy atom. The molecule has 1 fully saturated rings. The Balaban J connectivity index is 2.32. The molecule has 1 N–H and O–H groups in total. The molecule has 0 bridgehead atoms. The molecule has 1 heteroatoms. The quantitative estimate of drug-likeness (QED) is 0.691. The summed E-state index contributed by atoms with van der Waals surface area (Å²) in [6.07, 6.45) is 5.79. The predicted molar refractivity (Wildman–Crippen MR) is 58.8 cm³/mol. The zero-order valence-electron chi connectivity index (χ0n) is 9.69. The molecule has 0 saturated heterocycles. The van der Waals surface area contributed by atoms with E-state index in [1.807, 2.05) is 0 Å². The van der Waals surface area contributed by atoms with Gasteiger partial charge in [0.05, 0.1) is 0 Å². The van der Waals surface area contributed by atoms with Gasteiger partial charge in [-0.25, -0.2) is 0 Å². The fourth-order valence-electron chi connectivity index (χ4n) is 1.98. The Kier molecular flexibility index (Phi) is 3.78. The highest BCUT2D eigenvalue weighted by atomic mass is 14.8. The van der Waals surface area contributed by atoms with Crippen molar-refractivity contribution in [2.75, 3.05) is 13.6 Å². The Labute approximate surface area is 83.3 Å². The second kappa shape index (κ2) is 4.45. The summed E-state index contributed by atoms with van der Waals surface area (Å²) in [4.78, 5) is 0. The van der Waals surface area contributed by atoms with Crippen LogP contribution in [-0.4, -0.2) is 13.6 Å². The predicted octanol–water partition coefficient (Wildman–Crippen LogP) is 3.06. The van der Waals surface area contributed by atoms with E-state index in [2.05, 4.69) is 33.1 Å². The van der Waals surface area contributed by atoms with Crippen LogP contribution >= 0.6 is 0 Å². The van der Waals surface area contributed by atoms with E-state index in [0.29, 0.717) is 5.41 Å². The minimum absolute atomic E-state index is 0.499. The summed E-state index contributed by atoms with van der Waals surface area (Å²) in [5.74, 6) is 1.98. The van der Waals surface area contributed by atoms with E-state index in [9.17, 15) is 0 Å². The third-order valence-corrected chi connectivity index (χ3v) is 3.28. The monoisotopic (exact) mass is 183 g/mol. The molecule has 0 radical (unpaired) electrons. The van der Waals surface area contributed by atoms with Gasteiger partial charge in [0.25, 0.3) is 0 Å². The molecule has 78 valence electrons. The summed E-state index contributed by atoms with van der Waals surface area (Å²) >= 11 is 0. The van der Waals surface area contributed by atoms with Crippen molar-refractivity contribution in [1.82, 2.24) is 5.32 Å². The lowest BCUT2D eigenvalue weighted by Crippen LogP contribution is -2.25. The molecule has 0 aromatic rings. The van der Waals surface area contributed by atoms with Gasteiger partial charge in [-0.05, 0) is 43.7 Å². The molecule has 0 amide bonds. The molecular formula is C12H25N. The molecular weight excluding hydrogens is 158 g/mol. The standard InChI is InChI=1S/C12H25N/c1-12(2,3)11(7-8-13-4)9-10-5-6-10/h10-11,13H,5-9H2,1-4H3/t11-/m1/s1. The van der Waals surface area contributed by atoms with Crippen LogP contribution in [0.4, 0.5) is 0 Å². The first-order valence-electron chi connectivity index (χ1n) is 5.68. The van der Waals surface area contributed by atoms with Crippen molar-refractivity contribution in [3.8, 4) is 0 Å². The number of hydrogen-bond donors (Lipinski definition) is 1. The largest absolute Gasteiger partial charge is 0.320 e. The van der Waals surface area contributed by atoms with Gasteiger partial charge in [-0.15, -0.1) is 0 Å². The van der Waals surface area contributed by atoms with Gasteiger partial charge in [-0.1, -0.05) is 33.6 Å². The van der Waals surface area contributed by atoms with E-state index >= 15 is 0 Å². The lowest BCUT2D eigenvalue weighted by atomic mass is 9.76. The van der Waals surface area contributed by atoms with E-state index in [1.54, 1.807) is 0 Å². The maximum atomic E-state index is 3.26. The maximum Gasteiger partial charge on any atom is -0.00491 e. The molecule has 1 aliphatic rings. The van der Waals surface area contributed by atoms with Crippen molar-refractivity contribution in [3.05, 3.63) is 0 Å². The van der Waals surface area contributed by atoms with Gasteiger partial charge < -0.3 is 5.32 Å². The highest BCUT2D eigenvalue weighted by Crippen LogP contribution is 2.42. The van der Waals surface area contributed by atoms with E-state index in [0.717, 1.165) is 11.8 Å². The summed E-state index contributed by atoms with van der Waals surface area (Å²) in [5.41, 5.74) is 0.499. The topological polar surface area (TPSA) is 12.0 Å². The summed E-state index contributed by atoms with van der Waals surface area (Å²) in [5, 5.41) is 3.26. The van der Waals surface area contributed by atoms with Crippen LogP contribution in [0, 0.1) is 17.3 Å². The first-order valence-corrected chi connectivity index (χ1v) is 5.68.